The highest BCUT2D eigenvalue weighted by Gasteiger charge is 2.24. The lowest BCUT2D eigenvalue weighted by atomic mass is 10.1. The number of esters is 1. The summed E-state index contributed by atoms with van der Waals surface area (Å²) in [5, 5.41) is 11.2. The fourth-order valence-corrected chi connectivity index (χ4v) is 1.93. The highest BCUT2D eigenvalue weighted by Crippen LogP contribution is 2.40. The number of rotatable bonds is 5. The van der Waals surface area contributed by atoms with E-state index in [4.69, 9.17) is 9.47 Å². The summed E-state index contributed by atoms with van der Waals surface area (Å²) in [4.78, 5) is 21.9. The molecule has 1 aromatic rings. The summed E-state index contributed by atoms with van der Waals surface area (Å²) in [7, 11) is 3.88. The molecule has 0 radical (unpaired) electrons. The monoisotopic (exact) mass is 345 g/mol. The Morgan fingerprint density at radius 3 is 2.40 bits per heavy atom. The second kappa shape index (κ2) is 6.90. The average molecular weight is 346 g/mol. The molecule has 1 rings (SSSR count). The Morgan fingerprint density at radius 1 is 1.30 bits per heavy atom. The van der Waals surface area contributed by atoms with Gasteiger partial charge in [-0.3, -0.25) is 10.1 Å². The van der Waals surface area contributed by atoms with Gasteiger partial charge in [0.05, 0.1) is 31.8 Å². The molecular formula is C12H12BrNO6. The van der Waals surface area contributed by atoms with Crippen LogP contribution < -0.4 is 9.47 Å². The van der Waals surface area contributed by atoms with Gasteiger partial charge < -0.3 is 14.2 Å². The number of nitrogens with zero attached hydrogens (tertiary/aromatic N) is 1. The lowest BCUT2D eigenvalue weighted by Gasteiger charge is -2.09. The van der Waals surface area contributed by atoms with E-state index < -0.39 is 10.9 Å². The summed E-state index contributed by atoms with van der Waals surface area (Å²) in [6, 6.07) is 2.96. The van der Waals surface area contributed by atoms with E-state index in [2.05, 4.69) is 20.7 Å². The summed E-state index contributed by atoms with van der Waals surface area (Å²) in [6.45, 7) is 0. The van der Waals surface area contributed by atoms with Crippen molar-refractivity contribution in [1.82, 2.24) is 0 Å². The predicted molar refractivity (Wildman–Crippen MR) is 75.1 cm³/mol. The van der Waals surface area contributed by atoms with Crippen molar-refractivity contribution in [2.45, 2.75) is 0 Å². The Bertz CT molecular complexity index is 569. The second-order valence-electron chi connectivity index (χ2n) is 3.48. The molecule has 0 saturated heterocycles. The smallest absolute Gasteiger partial charge is 0.344 e. The third-order valence-corrected chi connectivity index (χ3v) is 2.95. The van der Waals surface area contributed by atoms with Gasteiger partial charge in [0.2, 0.25) is 5.75 Å². The van der Waals surface area contributed by atoms with Crippen LogP contribution in [0.15, 0.2) is 16.6 Å². The Kier molecular flexibility index (Phi) is 5.51. The van der Waals surface area contributed by atoms with Crippen molar-refractivity contribution in [3.05, 3.63) is 32.3 Å². The highest BCUT2D eigenvalue weighted by atomic mass is 79.9. The van der Waals surface area contributed by atoms with E-state index in [1.165, 1.54) is 39.5 Å². The molecule has 0 bridgehead atoms. The van der Waals surface area contributed by atoms with Crippen LogP contribution in [-0.4, -0.2) is 32.2 Å². The standard InChI is InChI=1S/C12H12BrNO6/c1-18-9-5-4-7(6-8(13)12(15)20-3)10(14(16)17)11(9)19-2/h4-6H,1-3H3/b8-6-. The summed E-state index contributed by atoms with van der Waals surface area (Å²) in [5.41, 5.74) is -0.113. The average Bonchev–Trinajstić information content (AvgIpc) is 2.44. The first kappa shape index (κ1) is 16.0. The molecule has 20 heavy (non-hydrogen) atoms. The number of halogens is 1. The molecule has 0 aromatic heterocycles. The van der Waals surface area contributed by atoms with Crippen LogP contribution in [0.1, 0.15) is 5.56 Å². The molecule has 0 unspecified atom stereocenters. The second-order valence-corrected chi connectivity index (χ2v) is 4.33. The minimum atomic E-state index is -0.644. The molecule has 0 atom stereocenters. The minimum Gasteiger partial charge on any atom is -0.493 e. The SMILES string of the molecule is COC(=O)/C(Br)=C/c1ccc(OC)c(OC)c1[N+](=O)[O-]. The van der Waals surface area contributed by atoms with E-state index in [0.29, 0.717) is 0 Å². The van der Waals surface area contributed by atoms with E-state index >= 15 is 0 Å². The molecule has 8 heteroatoms. The maximum absolute atomic E-state index is 11.3. The molecule has 0 spiro atoms. The van der Waals surface area contributed by atoms with Gasteiger partial charge in [-0.2, -0.15) is 0 Å². The molecule has 7 nitrogen and oxygen atoms in total. The molecule has 0 fully saturated rings. The van der Waals surface area contributed by atoms with E-state index in [9.17, 15) is 14.9 Å². The number of methoxy groups -OCH3 is 3. The third-order valence-electron chi connectivity index (χ3n) is 2.40. The Labute approximate surface area is 123 Å². The zero-order valence-corrected chi connectivity index (χ0v) is 12.6. The largest absolute Gasteiger partial charge is 0.493 e. The molecule has 0 aliphatic rings. The van der Waals surface area contributed by atoms with Crippen LogP contribution in [0.3, 0.4) is 0 Å². The fourth-order valence-electron chi connectivity index (χ4n) is 1.52. The highest BCUT2D eigenvalue weighted by molar-refractivity contribution is 9.12. The van der Waals surface area contributed by atoms with E-state index in [1.54, 1.807) is 0 Å². The van der Waals surface area contributed by atoms with Gasteiger partial charge in [0.15, 0.2) is 5.75 Å². The van der Waals surface area contributed by atoms with Crippen molar-refractivity contribution in [2.75, 3.05) is 21.3 Å². The molecule has 108 valence electrons. The Hall–Kier alpha value is -2.09. The zero-order valence-electron chi connectivity index (χ0n) is 11.0. The maximum Gasteiger partial charge on any atom is 0.344 e. The summed E-state index contributed by atoms with van der Waals surface area (Å²) < 4.78 is 14.6. The number of carbonyl (C=O) groups is 1. The quantitative estimate of drug-likeness (QED) is 0.352. The molecular weight excluding hydrogens is 334 g/mol. The third kappa shape index (κ3) is 3.27. The first-order chi connectivity index (χ1) is 9.46. The van der Waals surface area contributed by atoms with Crippen LogP contribution in [0, 0.1) is 10.1 Å². The number of ether oxygens (including phenoxy) is 3. The van der Waals surface area contributed by atoms with Gasteiger partial charge in [-0.25, -0.2) is 4.79 Å². The van der Waals surface area contributed by atoms with Crippen molar-refractivity contribution in [2.24, 2.45) is 0 Å². The molecule has 0 N–H and O–H groups in total. The first-order valence-electron chi connectivity index (χ1n) is 5.31. The fraction of sp³-hybridized carbons (Fsp3) is 0.250. The van der Waals surface area contributed by atoms with E-state index in [1.807, 2.05) is 0 Å². The van der Waals surface area contributed by atoms with Crippen LogP contribution in [0.25, 0.3) is 6.08 Å². The number of hydrogen-bond donors (Lipinski definition) is 0. The number of nitro benzene ring substituents is 1. The molecule has 0 heterocycles. The Balaban J connectivity index is 3.48. The van der Waals surface area contributed by atoms with Crippen LogP contribution in [0.2, 0.25) is 0 Å². The van der Waals surface area contributed by atoms with Gasteiger partial charge in [-0.05, 0) is 34.1 Å². The van der Waals surface area contributed by atoms with Crippen LogP contribution in [-0.2, 0) is 9.53 Å². The van der Waals surface area contributed by atoms with Gasteiger partial charge in [0.25, 0.3) is 0 Å². The number of benzene rings is 1. The summed E-state index contributed by atoms with van der Waals surface area (Å²) >= 11 is 3.00. The topological polar surface area (TPSA) is 87.9 Å². The molecule has 0 amide bonds. The number of nitro groups is 1. The van der Waals surface area contributed by atoms with Crippen LogP contribution in [0.4, 0.5) is 5.69 Å². The van der Waals surface area contributed by atoms with Crippen molar-refractivity contribution in [3.8, 4) is 11.5 Å². The maximum atomic E-state index is 11.3. The lowest BCUT2D eigenvalue weighted by molar-refractivity contribution is -0.386. The van der Waals surface area contributed by atoms with Crippen LogP contribution in [0.5, 0.6) is 11.5 Å². The van der Waals surface area contributed by atoms with Gasteiger partial charge in [0.1, 0.15) is 4.48 Å². The van der Waals surface area contributed by atoms with Crippen molar-refractivity contribution in [1.29, 1.82) is 0 Å². The van der Waals surface area contributed by atoms with Gasteiger partial charge >= 0.3 is 11.7 Å². The number of hydrogen-bond acceptors (Lipinski definition) is 6. The molecule has 0 aliphatic carbocycles. The molecule has 0 saturated carbocycles. The van der Waals surface area contributed by atoms with Gasteiger partial charge in [-0.1, -0.05) is 0 Å². The first-order valence-corrected chi connectivity index (χ1v) is 6.10. The van der Waals surface area contributed by atoms with E-state index in [-0.39, 0.29) is 27.2 Å². The lowest BCUT2D eigenvalue weighted by Crippen LogP contribution is -2.01. The minimum absolute atomic E-state index is 0.0172. The van der Waals surface area contributed by atoms with Gasteiger partial charge in [-0.15, -0.1) is 0 Å². The number of carbonyl (C=O) groups excluding carboxylic acids is 1. The summed E-state index contributed by atoms with van der Waals surface area (Å²) in [6.07, 6.45) is 1.28. The van der Waals surface area contributed by atoms with Crippen molar-refractivity contribution in [3.63, 3.8) is 0 Å². The van der Waals surface area contributed by atoms with E-state index in [0.717, 1.165) is 0 Å². The Morgan fingerprint density at radius 2 is 1.95 bits per heavy atom. The summed E-state index contributed by atoms with van der Waals surface area (Å²) in [5.74, 6) is -0.434. The normalized spacial score (nSPS) is 10.9. The molecule has 1 aromatic carbocycles. The van der Waals surface area contributed by atoms with Crippen molar-refractivity contribution < 1.29 is 23.9 Å². The van der Waals surface area contributed by atoms with Gasteiger partial charge in [0, 0.05) is 0 Å². The molecule has 0 aliphatic heterocycles. The predicted octanol–water partition coefficient (Wildman–Crippen LogP) is 2.52. The van der Waals surface area contributed by atoms with Crippen molar-refractivity contribution >= 4 is 33.7 Å². The zero-order chi connectivity index (χ0) is 15.3. The van der Waals surface area contributed by atoms with Crippen LogP contribution >= 0.6 is 15.9 Å².